The minimum Gasteiger partial charge on any atom is -0.513 e. The van der Waals surface area contributed by atoms with Gasteiger partial charge in [-0.15, -0.1) is 0 Å². The van der Waals surface area contributed by atoms with Gasteiger partial charge in [0.25, 0.3) is 0 Å². The van der Waals surface area contributed by atoms with Gasteiger partial charge >= 0.3 is 89.5 Å². The number of rotatable bonds is 39. The molecule has 14 heterocycles. The van der Waals surface area contributed by atoms with E-state index in [1.165, 1.54) is 13.8 Å². The number of aliphatic hydroxyl groups excluding tert-OH is 6. The lowest BCUT2D eigenvalue weighted by molar-refractivity contribution is -0.157. The van der Waals surface area contributed by atoms with Crippen molar-refractivity contribution in [2.24, 2.45) is 5.92 Å². The molecular weight excluding hydrogens is 1920 g/mol. The van der Waals surface area contributed by atoms with Gasteiger partial charge in [-0.05, 0) is 39.2 Å². The largest absolute Gasteiger partial charge is 0.513 e. The van der Waals surface area contributed by atoms with E-state index in [0.717, 1.165) is 36.5 Å². The second-order valence-corrected chi connectivity index (χ2v) is 34.1. The summed E-state index contributed by atoms with van der Waals surface area (Å²) in [6.45, 7) is 17.4. The molecule has 796 valence electrons. The van der Waals surface area contributed by atoms with Crippen LogP contribution in [0.4, 0.5) is 0 Å². The first-order valence-electron chi connectivity index (χ1n) is 45.5. The fraction of sp³-hybridized carbons (Fsp3) is 0.659. The minimum atomic E-state index is -1.27. The third kappa shape index (κ3) is 38.7. The molecule has 14 rings (SSSR count). The Hall–Kier alpha value is -11.7. The van der Waals surface area contributed by atoms with E-state index < -0.39 is 218 Å². The molecule has 14 aliphatic rings. The molecule has 0 spiro atoms. The van der Waals surface area contributed by atoms with Crippen molar-refractivity contribution < 1.29 is 251 Å². The van der Waals surface area contributed by atoms with E-state index in [2.05, 4.69) is 19.7 Å². The Morgan fingerprint density at radius 3 is 0.685 bits per heavy atom. The summed E-state index contributed by atoms with van der Waals surface area (Å²) >= 11 is 0. The van der Waals surface area contributed by atoms with E-state index in [1.54, 1.807) is 0 Å². The number of fused-ring (bicyclic) bond motifs is 7. The van der Waals surface area contributed by atoms with Crippen LogP contribution in [0.3, 0.4) is 0 Å². The number of carboxylic acids is 5. The number of aliphatic hydroxyl groups is 6. The maximum atomic E-state index is 11.8. The van der Waals surface area contributed by atoms with Crippen molar-refractivity contribution in [2.75, 3.05) is 92.5 Å². The third-order valence-corrected chi connectivity index (χ3v) is 22.7. The predicted molar refractivity (Wildman–Crippen MR) is 463 cm³/mol. The zero-order valence-corrected chi connectivity index (χ0v) is 78.1. The smallest absolute Gasteiger partial charge is 0.331 e. The number of ketones is 2. The van der Waals surface area contributed by atoms with Gasteiger partial charge in [0, 0.05) is 99.8 Å². The van der Waals surface area contributed by atoms with E-state index >= 15 is 0 Å². The molecule has 0 amide bonds. The number of esters is 10. The lowest BCUT2D eigenvalue weighted by Gasteiger charge is -2.17. The molecule has 0 unspecified atom stereocenters. The zero-order chi connectivity index (χ0) is 105. The molecule has 0 aromatic carbocycles. The van der Waals surface area contributed by atoms with Crippen molar-refractivity contribution in [3.8, 4) is 0 Å². The summed E-state index contributed by atoms with van der Waals surface area (Å²) in [6.07, 6.45) is -5.21. The van der Waals surface area contributed by atoms with Crippen molar-refractivity contribution in [1.82, 2.24) is 0 Å². The number of carbonyl (C=O) groups is 17. The fourth-order valence-corrected chi connectivity index (χ4v) is 16.0. The van der Waals surface area contributed by atoms with Crippen LogP contribution in [0, 0.1) is 5.92 Å². The quantitative estimate of drug-likeness (QED) is 0.0118. The molecule has 0 aliphatic carbocycles. The highest BCUT2D eigenvalue weighted by Crippen LogP contribution is 2.38. The summed E-state index contributed by atoms with van der Waals surface area (Å²) in [6, 6.07) is 0. The highest BCUT2D eigenvalue weighted by atomic mass is 16.7. The molecule has 0 saturated carbocycles. The topological polar surface area (TPSA) is 734 Å². The van der Waals surface area contributed by atoms with Crippen molar-refractivity contribution in [2.45, 2.75) is 282 Å². The molecular formula is C91H120O52. The van der Waals surface area contributed by atoms with E-state index in [1.807, 2.05) is 6.92 Å². The SMILES string of the molecule is C=C(O)C=CC(=O)O[C@@H]1CO[C@H]2[C@@H]1OC[C@H]2OC(=O)C=CC(=O)O.C=C(O)CCC(=O)O[C@@H]1CO[C@H]2[C@@H]1OC[C@H]2O.C=C(O)CCC(=O)O[C@@H]1CO[C@H]2[C@@H]1OC[C@H]2OC(=O)CCC(=O)O.CC(=O)CCCC(=O)O[C@@H]1CO[C@H]2[C@@H]1OC[C@H]2O.CC(=O)CCCC(=O)O[C@@H]1CO[C@H]2[C@@H]1OC[C@H]2OC(=O)CCCC(=O)O.C[C@H]1CO[C@H]2[C@@H]1OC[C@H]2OC(=O)C=CC(=O)O.O=C(O)C=CC(=O)O[C@H]1CO[C@H]2[C@@H]1OC[C@H]2O. The van der Waals surface area contributed by atoms with E-state index in [-0.39, 0.29) is 215 Å². The van der Waals surface area contributed by atoms with Gasteiger partial charge in [-0.25, -0.2) is 33.6 Å². The number of aliphatic carboxylic acids is 5. The number of carbonyl (C=O) groups excluding carboxylic acids is 12. The van der Waals surface area contributed by atoms with Gasteiger partial charge in [0.2, 0.25) is 0 Å². The maximum Gasteiger partial charge on any atom is 0.331 e. The standard InChI is InChI=1S/C17H24O9.C15H20O9.C15H16O9.C12H18O6.C11H14O6.C11H16O6.C10H12O7/c1-10(18)4-2-6-14(21)25-11-8-23-17-12(9-24-16(11)17)26-15(22)7-3-5-13(19)20;2*1-8(16)2-4-12(19)23-9-6-21-15-10(7-22-14(9)15)24-13(20)5-3-11(17)18;1-7(13)3-2-4-10(15)18-9-6-17-11-8(14)5-16-12(9)11;1-6-4-15-11-7(5-16-10(6)11)17-9(14)3-2-8(12)13;1-6(12)2-3-9(14)17-8-5-16-10-7(13)4-15-11(8)10;11-5-3-15-10-6(4-16-9(5)10)17-8(14)2-1-7(12)13/h11-12,16-17H,2-9H2,1H3,(H,19,20);9-10,14-16H,1-7H2,(H,17,18);2-5,9-10,14-16H,1,6-7H2,(H,17,18);8-9,11-12,14H,2-6H2,1H3;2-3,6-7,10-11H,4-5H2,1H3,(H,12,13);7-8,10-13H,1-5H2;1-2,5-6,9-11H,3-4H2,(H,12,13)/t11-,12-,16-,17-;2*9-,10-,14-,15-;8-,9-,11-,12-;6-,7+,10+,11+;7-,8-,10-,11-;5-,6+,9-,10-/m1111011/s1. The Morgan fingerprint density at radius 1 is 0.238 bits per heavy atom. The maximum absolute atomic E-state index is 11.8. The molecule has 0 aromatic heterocycles. The minimum absolute atomic E-state index is 0.00315. The first-order chi connectivity index (χ1) is 67.9. The third-order valence-electron chi connectivity index (χ3n) is 22.7. The van der Waals surface area contributed by atoms with Gasteiger partial charge in [0.15, 0.2) is 61.0 Å². The summed E-state index contributed by atoms with van der Waals surface area (Å²) in [5.74, 6) is -11.6. The van der Waals surface area contributed by atoms with Gasteiger partial charge in [-0.2, -0.15) is 0 Å². The summed E-state index contributed by atoms with van der Waals surface area (Å²) < 4.78 is 127. The molecule has 0 radical (unpaired) electrons. The van der Waals surface area contributed by atoms with Crippen LogP contribution in [-0.4, -0.2) is 415 Å². The number of allylic oxidation sites excluding steroid dienone is 3. The van der Waals surface area contributed by atoms with Crippen molar-refractivity contribution in [3.05, 3.63) is 85.6 Å². The lowest BCUT2D eigenvalue weighted by Crippen LogP contribution is -2.36. The normalized spacial score (nSPS) is 31.6. The van der Waals surface area contributed by atoms with Crippen LogP contribution in [-0.2, 0) is 195 Å². The number of ether oxygens (including phenoxy) is 24. The molecule has 0 aromatic rings. The summed E-state index contributed by atoms with van der Waals surface area (Å²) in [7, 11) is 0. The second kappa shape index (κ2) is 58.3. The molecule has 14 aliphatic heterocycles. The van der Waals surface area contributed by atoms with Crippen LogP contribution in [0.5, 0.6) is 0 Å². The Morgan fingerprint density at radius 2 is 0.441 bits per heavy atom. The number of Topliss-reactive ketones (excluding diaryl/α,β-unsaturated/α-hetero) is 2. The summed E-state index contributed by atoms with van der Waals surface area (Å²) in [5, 5.41) is 97.4. The highest BCUT2D eigenvalue weighted by Gasteiger charge is 2.57. The number of hydrogen-bond donors (Lipinski definition) is 11. The first-order valence-corrected chi connectivity index (χ1v) is 45.5. The highest BCUT2D eigenvalue weighted by molar-refractivity contribution is 5.92. The van der Waals surface area contributed by atoms with Crippen LogP contribution >= 0.6 is 0 Å². The van der Waals surface area contributed by atoms with Crippen LogP contribution in [0.25, 0.3) is 0 Å². The van der Waals surface area contributed by atoms with E-state index in [4.69, 9.17) is 155 Å². The average Bonchev–Trinajstić information content (AvgIpc) is 1.65. The van der Waals surface area contributed by atoms with Crippen molar-refractivity contribution >= 4 is 101 Å². The summed E-state index contributed by atoms with van der Waals surface area (Å²) in [4.78, 5) is 189. The monoisotopic (exact) mass is 2040 g/mol. The average molecular weight is 2050 g/mol. The van der Waals surface area contributed by atoms with Gasteiger partial charge < -0.3 is 179 Å². The molecule has 52 heteroatoms. The predicted octanol–water partition coefficient (Wildman–Crippen LogP) is -0.783. The van der Waals surface area contributed by atoms with Crippen molar-refractivity contribution in [3.63, 3.8) is 0 Å². The molecule has 28 atom stereocenters. The first kappa shape index (κ1) is 117. The number of carboxylic acid groups (broad SMARTS) is 5. The van der Waals surface area contributed by atoms with Gasteiger partial charge in [0.05, 0.1) is 136 Å². The Kier molecular flexibility index (Phi) is 47.5. The zero-order valence-electron chi connectivity index (χ0n) is 78.1. The molecule has 14 saturated heterocycles. The molecule has 11 N–H and O–H groups in total. The van der Waals surface area contributed by atoms with Crippen molar-refractivity contribution in [1.29, 1.82) is 0 Å². The molecule has 14 fully saturated rings. The molecule has 143 heavy (non-hydrogen) atoms. The van der Waals surface area contributed by atoms with Crippen LogP contribution in [0.15, 0.2) is 85.6 Å². The lowest BCUT2D eigenvalue weighted by atomic mass is 10.0. The Bertz CT molecular complexity index is 4320. The van der Waals surface area contributed by atoms with Gasteiger partial charge in [0.1, 0.15) is 115 Å². The Balaban J connectivity index is 0.000000205. The van der Waals surface area contributed by atoms with E-state index in [0.29, 0.717) is 57.0 Å². The van der Waals surface area contributed by atoms with Crippen LogP contribution < -0.4 is 0 Å². The fourth-order valence-electron chi connectivity index (χ4n) is 16.0. The van der Waals surface area contributed by atoms with Crippen LogP contribution in [0.2, 0.25) is 0 Å². The molecule has 0 bridgehead atoms. The van der Waals surface area contributed by atoms with Crippen LogP contribution in [0.1, 0.15) is 117 Å². The number of hydrogen-bond acceptors (Lipinski definition) is 47. The van der Waals surface area contributed by atoms with E-state index in [9.17, 15) is 96.8 Å². The second-order valence-electron chi connectivity index (χ2n) is 34.1. The van der Waals surface area contributed by atoms with Gasteiger partial charge in [-0.3, -0.25) is 38.4 Å². The molecule has 52 nitrogen and oxygen atoms in total. The Labute approximate surface area is 815 Å². The van der Waals surface area contributed by atoms with Gasteiger partial charge in [-0.1, -0.05) is 26.7 Å². The summed E-state index contributed by atoms with van der Waals surface area (Å²) in [5.41, 5.74) is 0.